The highest BCUT2D eigenvalue weighted by Gasteiger charge is 2.35. The molecule has 0 aliphatic carbocycles. The number of fused-ring (bicyclic) bond motifs is 1. The van der Waals surface area contributed by atoms with Gasteiger partial charge in [-0.25, -0.2) is 9.50 Å². The largest absolute Gasteiger partial charge is 0.489 e. The highest BCUT2D eigenvalue weighted by Crippen LogP contribution is 2.33. The second-order valence-corrected chi connectivity index (χ2v) is 12.1. The number of nitriles is 1. The van der Waals surface area contributed by atoms with Crippen LogP contribution >= 0.6 is 0 Å². The van der Waals surface area contributed by atoms with E-state index in [4.69, 9.17) is 9.72 Å². The summed E-state index contributed by atoms with van der Waals surface area (Å²) in [5.41, 5.74) is 2.45. The lowest BCUT2D eigenvalue weighted by molar-refractivity contribution is -0.126. The third-order valence-electron chi connectivity index (χ3n) is 7.75. The van der Waals surface area contributed by atoms with E-state index in [1.54, 1.807) is 30.8 Å². The van der Waals surface area contributed by atoms with Crippen molar-refractivity contribution < 1.29 is 14.6 Å². The highest BCUT2D eigenvalue weighted by atomic mass is 16.5. The number of aliphatic hydroxyl groups is 1. The number of ether oxygens (including phenoxy) is 1. The van der Waals surface area contributed by atoms with Crippen LogP contribution in [0.25, 0.3) is 16.6 Å². The fourth-order valence-electron chi connectivity index (χ4n) is 5.29. The van der Waals surface area contributed by atoms with Gasteiger partial charge in [0.2, 0.25) is 5.91 Å². The van der Waals surface area contributed by atoms with Crippen molar-refractivity contribution in [2.24, 2.45) is 10.9 Å². The van der Waals surface area contributed by atoms with E-state index in [1.807, 2.05) is 44.3 Å². The Hall–Kier alpha value is -4.23. The molecular formula is C31H37N7O3. The highest BCUT2D eigenvalue weighted by molar-refractivity contribution is 5.87. The molecule has 3 aromatic heterocycles. The van der Waals surface area contributed by atoms with E-state index < -0.39 is 5.60 Å². The Morgan fingerprint density at radius 2 is 2.05 bits per heavy atom. The van der Waals surface area contributed by atoms with Gasteiger partial charge >= 0.3 is 0 Å². The molecule has 0 radical (unpaired) electrons. The lowest BCUT2D eigenvalue weighted by Gasteiger charge is -2.41. The van der Waals surface area contributed by atoms with Crippen molar-refractivity contribution in [3.63, 3.8) is 0 Å². The number of dihydropyridines is 1. The monoisotopic (exact) mass is 555 g/mol. The average Bonchev–Trinajstić information content (AvgIpc) is 3.36. The second-order valence-electron chi connectivity index (χ2n) is 12.1. The molecule has 2 aliphatic heterocycles. The first kappa shape index (κ1) is 28.3. The van der Waals surface area contributed by atoms with Crippen molar-refractivity contribution >= 4 is 23.5 Å². The predicted molar refractivity (Wildman–Crippen MR) is 158 cm³/mol. The summed E-state index contributed by atoms with van der Waals surface area (Å²) in [6.07, 6.45) is 10.5. The van der Waals surface area contributed by atoms with Crippen LogP contribution in [0.2, 0.25) is 0 Å². The van der Waals surface area contributed by atoms with Crippen LogP contribution in [0.3, 0.4) is 0 Å². The molecule has 214 valence electrons. The Balaban J connectivity index is 1.30. The number of carbonyl (C=O) groups excluding carboxylic acids is 1. The molecule has 41 heavy (non-hydrogen) atoms. The van der Waals surface area contributed by atoms with Gasteiger partial charge in [-0.15, -0.1) is 0 Å². The lowest BCUT2D eigenvalue weighted by Crippen LogP contribution is -2.55. The quantitative estimate of drug-likeness (QED) is 0.452. The van der Waals surface area contributed by atoms with Crippen LogP contribution in [0, 0.1) is 17.2 Å². The number of nitrogens with zero attached hydrogens (tertiary/aromatic N) is 6. The summed E-state index contributed by atoms with van der Waals surface area (Å²) >= 11 is 0. The molecule has 2 aliphatic rings. The first-order chi connectivity index (χ1) is 19.4. The first-order valence-electron chi connectivity index (χ1n) is 14.0. The molecule has 0 bridgehead atoms. The Labute approximate surface area is 240 Å². The lowest BCUT2D eigenvalue weighted by atomic mass is 9.87. The fourth-order valence-corrected chi connectivity index (χ4v) is 5.29. The summed E-state index contributed by atoms with van der Waals surface area (Å²) in [5.74, 6) is 1.18. The van der Waals surface area contributed by atoms with Gasteiger partial charge < -0.3 is 20.1 Å². The maximum atomic E-state index is 13.1. The molecule has 2 unspecified atom stereocenters. The minimum Gasteiger partial charge on any atom is -0.489 e. The number of hydrogen-bond acceptors (Lipinski definition) is 8. The van der Waals surface area contributed by atoms with E-state index >= 15 is 0 Å². The van der Waals surface area contributed by atoms with Gasteiger partial charge in [0, 0.05) is 42.2 Å². The van der Waals surface area contributed by atoms with Gasteiger partial charge in [0.1, 0.15) is 24.2 Å². The van der Waals surface area contributed by atoms with Crippen molar-refractivity contribution in [3.8, 4) is 22.9 Å². The molecule has 0 saturated carbocycles. The number of rotatable bonds is 7. The Morgan fingerprint density at radius 3 is 2.71 bits per heavy atom. The molecule has 5 rings (SSSR count). The van der Waals surface area contributed by atoms with Crippen LogP contribution < -0.4 is 15.0 Å². The smallest absolute Gasteiger partial charge is 0.229 e. The standard InChI is InChI=1S/C31H37N7O3/c1-20-12-25(21(2)33-15-20)29(39)36-31(5)8-10-37(11-9-31)27-7-6-22(16-34-27)26-13-24(41-19-30(3,4)40)18-38-28(26)23(14-32)17-35-38/h6-7,12-13,15-18,21,25,40H,8-11,19H2,1-5H3,(H,36,39). The molecule has 1 amide bonds. The summed E-state index contributed by atoms with van der Waals surface area (Å²) in [7, 11) is 0. The number of aromatic nitrogens is 3. The molecule has 3 aromatic rings. The van der Waals surface area contributed by atoms with E-state index in [9.17, 15) is 15.2 Å². The fraction of sp³-hybridized carbons (Fsp3) is 0.452. The number of pyridine rings is 2. The van der Waals surface area contributed by atoms with Crippen molar-refractivity contribution in [1.29, 1.82) is 5.26 Å². The van der Waals surface area contributed by atoms with Gasteiger partial charge in [-0.05, 0) is 71.2 Å². The maximum Gasteiger partial charge on any atom is 0.229 e. The van der Waals surface area contributed by atoms with Crippen molar-refractivity contribution in [3.05, 3.63) is 54.0 Å². The summed E-state index contributed by atoms with van der Waals surface area (Å²) in [4.78, 5) is 24.5. The van der Waals surface area contributed by atoms with Crippen LogP contribution in [0.1, 0.15) is 53.0 Å². The van der Waals surface area contributed by atoms with Crippen molar-refractivity contribution in [1.82, 2.24) is 19.9 Å². The van der Waals surface area contributed by atoms with Crippen molar-refractivity contribution in [2.45, 2.75) is 64.6 Å². The van der Waals surface area contributed by atoms with Gasteiger partial charge in [0.25, 0.3) is 0 Å². The van der Waals surface area contributed by atoms with Crippen molar-refractivity contribution in [2.75, 3.05) is 24.6 Å². The van der Waals surface area contributed by atoms with Gasteiger partial charge in [0.05, 0.1) is 41.0 Å². The Bertz CT molecular complexity index is 1530. The van der Waals surface area contributed by atoms with E-state index in [1.165, 1.54) is 6.20 Å². The van der Waals surface area contributed by atoms with Crippen LogP contribution in [0.4, 0.5) is 5.82 Å². The van der Waals surface area contributed by atoms with Crippen LogP contribution in [0.5, 0.6) is 5.75 Å². The zero-order valence-corrected chi connectivity index (χ0v) is 24.3. The van der Waals surface area contributed by atoms with Gasteiger partial charge in [-0.1, -0.05) is 6.08 Å². The predicted octanol–water partition coefficient (Wildman–Crippen LogP) is 3.93. The molecule has 0 aromatic carbocycles. The van der Waals surface area contributed by atoms with E-state index in [-0.39, 0.29) is 30.0 Å². The molecule has 0 spiro atoms. The molecule has 5 heterocycles. The van der Waals surface area contributed by atoms with E-state index in [2.05, 4.69) is 33.3 Å². The Morgan fingerprint density at radius 1 is 1.29 bits per heavy atom. The maximum absolute atomic E-state index is 13.1. The van der Waals surface area contributed by atoms with Crippen LogP contribution in [-0.4, -0.2) is 68.7 Å². The van der Waals surface area contributed by atoms with Gasteiger partial charge in [0.15, 0.2) is 0 Å². The topological polar surface area (TPSA) is 128 Å². The number of anilines is 1. The first-order valence-corrected chi connectivity index (χ1v) is 14.0. The van der Waals surface area contributed by atoms with Gasteiger partial charge in [-0.2, -0.15) is 10.4 Å². The van der Waals surface area contributed by atoms with Gasteiger partial charge in [-0.3, -0.25) is 9.79 Å². The normalized spacial score (nSPS) is 20.4. The Kier molecular flexibility index (Phi) is 7.58. The minimum atomic E-state index is -0.994. The van der Waals surface area contributed by atoms with E-state index in [0.29, 0.717) is 16.8 Å². The summed E-state index contributed by atoms with van der Waals surface area (Å²) < 4.78 is 7.46. The van der Waals surface area contributed by atoms with Crippen LogP contribution in [0.15, 0.2) is 53.4 Å². The zero-order chi connectivity index (χ0) is 29.4. The number of amides is 1. The number of carbonyl (C=O) groups is 1. The molecule has 2 N–H and O–H groups in total. The van der Waals surface area contributed by atoms with E-state index in [0.717, 1.165) is 48.4 Å². The molecule has 1 fully saturated rings. The number of allylic oxidation sites excluding steroid dienone is 1. The summed E-state index contributed by atoms with van der Waals surface area (Å²) in [6, 6.07) is 7.97. The second kappa shape index (κ2) is 11.0. The third kappa shape index (κ3) is 6.25. The SMILES string of the molecule is CC1=CC(C(=O)NC2(C)CCN(c3ccc(-c4cc(OCC(C)(C)O)cn5ncc(C#N)c45)cn3)CC2)C(C)N=C1. The molecule has 10 nitrogen and oxygen atoms in total. The van der Waals surface area contributed by atoms with Crippen LogP contribution in [-0.2, 0) is 4.79 Å². The number of aliphatic imine (C=N–C) groups is 1. The minimum absolute atomic E-state index is 0.0313. The molecular weight excluding hydrogens is 518 g/mol. The molecule has 1 saturated heterocycles. The number of nitrogens with one attached hydrogen (secondary N) is 1. The number of piperidine rings is 1. The number of hydrogen-bond donors (Lipinski definition) is 2. The summed E-state index contributed by atoms with van der Waals surface area (Å²) in [5, 5.41) is 27.4. The zero-order valence-electron chi connectivity index (χ0n) is 24.3. The average molecular weight is 556 g/mol. The third-order valence-corrected chi connectivity index (χ3v) is 7.75. The summed E-state index contributed by atoms with van der Waals surface area (Å²) in [6.45, 7) is 11.1. The molecule has 2 atom stereocenters. The molecule has 10 heteroatoms.